The molecule has 0 spiro atoms. The van der Waals surface area contributed by atoms with Crippen LogP contribution in [-0.2, 0) is 0 Å². The number of hydrogen-bond donors (Lipinski definition) is 1. The van der Waals surface area contributed by atoms with Crippen molar-refractivity contribution in [2.24, 2.45) is 0 Å². The van der Waals surface area contributed by atoms with Gasteiger partial charge in [0, 0.05) is 36.8 Å². The SMILES string of the molecule is COc1cccc(N2CCCC(NC(=O)c3nnc(C(C)C)s3)C2)c1. The summed E-state index contributed by atoms with van der Waals surface area (Å²) in [4.78, 5) is 14.7. The number of ether oxygens (including phenoxy) is 1. The van der Waals surface area contributed by atoms with E-state index in [1.54, 1.807) is 7.11 Å². The van der Waals surface area contributed by atoms with Crippen LogP contribution in [0, 0.1) is 0 Å². The minimum Gasteiger partial charge on any atom is -0.497 e. The highest BCUT2D eigenvalue weighted by Gasteiger charge is 2.24. The van der Waals surface area contributed by atoms with Crippen molar-refractivity contribution in [3.8, 4) is 5.75 Å². The van der Waals surface area contributed by atoms with Gasteiger partial charge < -0.3 is 15.0 Å². The summed E-state index contributed by atoms with van der Waals surface area (Å²) in [5.74, 6) is 1.01. The van der Waals surface area contributed by atoms with Gasteiger partial charge >= 0.3 is 0 Å². The van der Waals surface area contributed by atoms with Gasteiger partial charge in [-0.15, -0.1) is 10.2 Å². The van der Waals surface area contributed by atoms with Crippen LogP contribution in [0.4, 0.5) is 5.69 Å². The third-order valence-corrected chi connectivity index (χ3v) is 5.53. The number of nitrogens with zero attached hydrogens (tertiary/aromatic N) is 3. The van der Waals surface area contributed by atoms with E-state index in [1.807, 2.05) is 18.2 Å². The molecule has 1 aromatic heterocycles. The van der Waals surface area contributed by atoms with Crippen LogP contribution < -0.4 is 15.0 Å². The van der Waals surface area contributed by atoms with Crippen LogP contribution in [-0.4, -0.2) is 42.3 Å². The zero-order valence-corrected chi connectivity index (χ0v) is 15.7. The van der Waals surface area contributed by atoms with Crippen LogP contribution in [0.2, 0.25) is 0 Å². The van der Waals surface area contributed by atoms with E-state index >= 15 is 0 Å². The Kier molecular flexibility index (Phi) is 5.53. The monoisotopic (exact) mass is 360 g/mol. The molecule has 7 heteroatoms. The van der Waals surface area contributed by atoms with Gasteiger partial charge in [-0.3, -0.25) is 4.79 Å². The van der Waals surface area contributed by atoms with Crippen molar-refractivity contribution in [2.45, 2.75) is 38.6 Å². The largest absolute Gasteiger partial charge is 0.497 e. The Morgan fingerprint density at radius 1 is 1.40 bits per heavy atom. The Bertz CT molecular complexity index is 731. The fourth-order valence-corrected chi connectivity index (χ4v) is 3.69. The molecule has 1 unspecified atom stereocenters. The molecule has 1 fully saturated rings. The summed E-state index contributed by atoms with van der Waals surface area (Å²) < 4.78 is 5.31. The first-order valence-corrected chi connectivity index (χ1v) is 9.41. The molecule has 6 nitrogen and oxygen atoms in total. The topological polar surface area (TPSA) is 67.3 Å². The maximum Gasteiger partial charge on any atom is 0.282 e. The van der Waals surface area contributed by atoms with Gasteiger partial charge in [-0.2, -0.15) is 0 Å². The van der Waals surface area contributed by atoms with Gasteiger partial charge in [0.25, 0.3) is 5.91 Å². The summed E-state index contributed by atoms with van der Waals surface area (Å²) >= 11 is 1.38. The van der Waals surface area contributed by atoms with Crippen molar-refractivity contribution in [3.05, 3.63) is 34.3 Å². The molecule has 1 atom stereocenters. The molecule has 1 aliphatic rings. The Hall–Kier alpha value is -2.15. The summed E-state index contributed by atoms with van der Waals surface area (Å²) in [7, 11) is 1.67. The second-order valence-corrected chi connectivity index (χ2v) is 7.57. The number of methoxy groups -OCH3 is 1. The van der Waals surface area contributed by atoms with Crippen molar-refractivity contribution < 1.29 is 9.53 Å². The van der Waals surface area contributed by atoms with E-state index in [2.05, 4.69) is 40.3 Å². The van der Waals surface area contributed by atoms with Gasteiger partial charge in [0.05, 0.1) is 7.11 Å². The standard InChI is InChI=1S/C18H24N4O2S/c1-12(2)17-20-21-18(25-17)16(23)19-13-6-5-9-22(11-13)14-7-4-8-15(10-14)24-3/h4,7-8,10,12-13H,5-6,9,11H2,1-3H3,(H,19,23). The van der Waals surface area contributed by atoms with E-state index in [0.717, 1.165) is 42.4 Å². The molecule has 2 aromatic rings. The fraction of sp³-hybridized carbons (Fsp3) is 0.500. The lowest BCUT2D eigenvalue weighted by atomic mass is 10.0. The smallest absolute Gasteiger partial charge is 0.282 e. The number of hydrogen-bond acceptors (Lipinski definition) is 6. The summed E-state index contributed by atoms with van der Waals surface area (Å²) in [6.45, 7) is 5.87. The Morgan fingerprint density at radius 2 is 2.24 bits per heavy atom. The molecule has 1 aliphatic heterocycles. The molecular formula is C18H24N4O2S. The number of benzene rings is 1. The zero-order valence-electron chi connectivity index (χ0n) is 14.9. The number of carbonyl (C=O) groups excluding carboxylic acids is 1. The average Bonchev–Trinajstić information content (AvgIpc) is 3.13. The number of aromatic nitrogens is 2. The van der Waals surface area contributed by atoms with E-state index in [-0.39, 0.29) is 17.9 Å². The molecule has 0 aliphatic carbocycles. The first-order chi connectivity index (χ1) is 12.1. The first kappa shape index (κ1) is 17.7. The molecule has 0 bridgehead atoms. The van der Waals surface area contributed by atoms with E-state index in [4.69, 9.17) is 4.74 Å². The van der Waals surface area contributed by atoms with Gasteiger partial charge in [-0.05, 0) is 25.0 Å². The van der Waals surface area contributed by atoms with E-state index in [9.17, 15) is 4.79 Å². The summed E-state index contributed by atoms with van der Waals surface area (Å²) in [6.07, 6.45) is 2.01. The van der Waals surface area contributed by atoms with Crippen LogP contribution in [0.25, 0.3) is 0 Å². The third-order valence-electron chi connectivity index (χ3n) is 4.30. The first-order valence-electron chi connectivity index (χ1n) is 8.60. The number of carbonyl (C=O) groups is 1. The molecule has 1 aromatic carbocycles. The minimum atomic E-state index is -0.123. The highest BCUT2D eigenvalue weighted by Crippen LogP contribution is 2.24. The Labute approximate surface area is 152 Å². The number of nitrogens with one attached hydrogen (secondary N) is 1. The van der Waals surface area contributed by atoms with E-state index < -0.39 is 0 Å². The number of piperidine rings is 1. The molecule has 0 radical (unpaired) electrons. The molecular weight excluding hydrogens is 336 g/mol. The highest BCUT2D eigenvalue weighted by molar-refractivity contribution is 7.13. The molecule has 1 amide bonds. The second-order valence-electron chi connectivity index (χ2n) is 6.56. The van der Waals surface area contributed by atoms with Crippen molar-refractivity contribution in [1.82, 2.24) is 15.5 Å². The normalized spacial score (nSPS) is 17.6. The number of rotatable bonds is 5. The summed E-state index contributed by atoms with van der Waals surface area (Å²) in [6, 6.07) is 8.15. The maximum atomic E-state index is 12.5. The van der Waals surface area contributed by atoms with E-state index in [0.29, 0.717) is 5.01 Å². The lowest BCUT2D eigenvalue weighted by molar-refractivity contribution is 0.0932. The molecule has 1 N–H and O–H groups in total. The van der Waals surface area contributed by atoms with Gasteiger partial charge in [-0.1, -0.05) is 31.3 Å². The van der Waals surface area contributed by atoms with Crippen LogP contribution in [0.15, 0.2) is 24.3 Å². The fourth-order valence-electron chi connectivity index (χ4n) is 2.94. The highest BCUT2D eigenvalue weighted by atomic mass is 32.1. The van der Waals surface area contributed by atoms with Crippen molar-refractivity contribution in [2.75, 3.05) is 25.1 Å². The second kappa shape index (κ2) is 7.82. The number of anilines is 1. The Balaban J connectivity index is 1.63. The van der Waals surface area contributed by atoms with Gasteiger partial charge in [0.2, 0.25) is 5.01 Å². The van der Waals surface area contributed by atoms with Gasteiger partial charge in [0.15, 0.2) is 0 Å². The van der Waals surface area contributed by atoms with Crippen molar-refractivity contribution in [3.63, 3.8) is 0 Å². The van der Waals surface area contributed by atoms with Crippen LogP contribution in [0.5, 0.6) is 5.75 Å². The lowest BCUT2D eigenvalue weighted by Crippen LogP contribution is -2.47. The molecule has 25 heavy (non-hydrogen) atoms. The quantitative estimate of drug-likeness (QED) is 0.887. The predicted molar refractivity (Wildman–Crippen MR) is 99.7 cm³/mol. The third kappa shape index (κ3) is 4.28. The molecule has 134 valence electrons. The Morgan fingerprint density at radius 3 is 2.96 bits per heavy atom. The van der Waals surface area contributed by atoms with Crippen molar-refractivity contribution >= 4 is 22.9 Å². The predicted octanol–water partition coefficient (Wildman–Crippen LogP) is 3.07. The minimum absolute atomic E-state index is 0.110. The lowest BCUT2D eigenvalue weighted by Gasteiger charge is -2.34. The zero-order chi connectivity index (χ0) is 17.8. The summed E-state index contributed by atoms with van der Waals surface area (Å²) in [5, 5.41) is 12.6. The van der Waals surface area contributed by atoms with E-state index in [1.165, 1.54) is 11.3 Å². The van der Waals surface area contributed by atoms with Crippen LogP contribution >= 0.6 is 11.3 Å². The number of amides is 1. The molecule has 3 rings (SSSR count). The molecule has 1 saturated heterocycles. The van der Waals surface area contributed by atoms with Crippen LogP contribution in [0.3, 0.4) is 0 Å². The van der Waals surface area contributed by atoms with Crippen LogP contribution in [0.1, 0.15) is 47.4 Å². The van der Waals surface area contributed by atoms with Crippen molar-refractivity contribution in [1.29, 1.82) is 0 Å². The summed E-state index contributed by atoms with van der Waals surface area (Å²) in [5.41, 5.74) is 1.12. The average molecular weight is 360 g/mol. The molecule has 2 heterocycles. The molecule has 0 saturated carbocycles. The van der Waals surface area contributed by atoms with Gasteiger partial charge in [0.1, 0.15) is 10.8 Å². The van der Waals surface area contributed by atoms with Gasteiger partial charge in [-0.25, -0.2) is 0 Å². The maximum absolute atomic E-state index is 12.5.